The number of rotatable bonds is 11. The van der Waals surface area contributed by atoms with Crippen LogP contribution in [-0.4, -0.2) is 54.2 Å². The molecule has 3 atom stereocenters. The molecule has 0 radical (unpaired) electrons. The van der Waals surface area contributed by atoms with Gasteiger partial charge in [-0.15, -0.1) is 0 Å². The molecule has 2 aliphatic rings. The van der Waals surface area contributed by atoms with Gasteiger partial charge in [0.2, 0.25) is 24.4 Å². The summed E-state index contributed by atoms with van der Waals surface area (Å²) < 4.78 is 10.7. The molecule has 0 bridgehead atoms. The van der Waals surface area contributed by atoms with Crippen LogP contribution < -0.4 is 25.4 Å². The zero-order valence-corrected chi connectivity index (χ0v) is 23.7. The maximum absolute atomic E-state index is 13.8. The van der Waals surface area contributed by atoms with E-state index in [-0.39, 0.29) is 37.7 Å². The summed E-state index contributed by atoms with van der Waals surface area (Å²) in [5, 5.41) is 8.18. The SMILES string of the molecule is CC(C)(C)NC(=O)C(=O)[C@H](C[C@@H]1CCCNC1=O)NC(=O)[C@@H](CC(=O)c1ccc2c(c1)OCO2)Cc1ccccc1. The maximum Gasteiger partial charge on any atom is 0.290 e. The first kappa shape index (κ1) is 29.8. The Balaban J connectivity index is 1.56. The fourth-order valence-electron chi connectivity index (χ4n) is 4.99. The Morgan fingerprint density at radius 2 is 1.76 bits per heavy atom. The second kappa shape index (κ2) is 13.0. The van der Waals surface area contributed by atoms with E-state index in [4.69, 9.17) is 9.47 Å². The molecule has 10 nitrogen and oxygen atoms in total. The molecule has 3 amide bonds. The van der Waals surface area contributed by atoms with E-state index in [0.29, 0.717) is 30.0 Å². The number of hydrogen-bond donors (Lipinski definition) is 3. The molecule has 218 valence electrons. The van der Waals surface area contributed by atoms with Crippen molar-refractivity contribution in [3.63, 3.8) is 0 Å². The van der Waals surface area contributed by atoms with Gasteiger partial charge in [-0.2, -0.15) is 0 Å². The molecule has 41 heavy (non-hydrogen) atoms. The number of carbonyl (C=O) groups excluding carboxylic acids is 5. The summed E-state index contributed by atoms with van der Waals surface area (Å²) in [5.41, 5.74) is 0.540. The molecule has 0 aliphatic carbocycles. The zero-order chi connectivity index (χ0) is 29.6. The Kier molecular flexibility index (Phi) is 9.42. The van der Waals surface area contributed by atoms with Gasteiger partial charge in [0.15, 0.2) is 17.3 Å². The van der Waals surface area contributed by atoms with Crippen molar-refractivity contribution in [1.82, 2.24) is 16.0 Å². The standard InChI is InChI=1S/C31H37N3O7/c1-31(2,3)34-30(39)27(36)23(15-21-10-7-13-32-28(21)37)33-29(38)22(14-19-8-5-4-6-9-19)16-24(35)20-11-12-25-26(17-20)41-18-40-25/h4-6,8-9,11-12,17,21-23H,7,10,13-16,18H2,1-3H3,(H,32,37)(H,33,38)(H,34,39)/t21-,22+,23-/m0/s1. The van der Waals surface area contributed by atoms with Crippen LogP contribution in [0, 0.1) is 11.8 Å². The fraction of sp³-hybridized carbons (Fsp3) is 0.452. The largest absolute Gasteiger partial charge is 0.454 e. The van der Waals surface area contributed by atoms with Crippen molar-refractivity contribution < 1.29 is 33.4 Å². The lowest BCUT2D eigenvalue weighted by atomic mass is 9.88. The Morgan fingerprint density at radius 3 is 2.46 bits per heavy atom. The van der Waals surface area contributed by atoms with Crippen LogP contribution in [0.4, 0.5) is 0 Å². The molecule has 2 aliphatic heterocycles. The van der Waals surface area contributed by atoms with E-state index in [2.05, 4.69) is 16.0 Å². The minimum Gasteiger partial charge on any atom is -0.454 e. The molecule has 1 saturated heterocycles. The lowest BCUT2D eigenvalue weighted by Gasteiger charge is -2.28. The van der Waals surface area contributed by atoms with Crippen molar-refractivity contribution in [2.24, 2.45) is 11.8 Å². The molecule has 10 heteroatoms. The predicted octanol–water partition coefficient (Wildman–Crippen LogP) is 2.73. The van der Waals surface area contributed by atoms with E-state index >= 15 is 0 Å². The molecule has 4 rings (SSSR count). The first-order valence-electron chi connectivity index (χ1n) is 13.9. The van der Waals surface area contributed by atoms with E-state index in [1.165, 1.54) is 0 Å². The normalized spacial score (nSPS) is 17.6. The highest BCUT2D eigenvalue weighted by Crippen LogP contribution is 2.33. The van der Waals surface area contributed by atoms with E-state index in [9.17, 15) is 24.0 Å². The zero-order valence-electron chi connectivity index (χ0n) is 23.7. The third kappa shape index (κ3) is 8.15. The Labute approximate surface area is 239 Å². The number of ether oxygens (including phenoxy) is 2. The molecule has 0 spiro atoms. The van der Waals surface area contributed by atoms with Crippen molar-refractivity contribution in [2.45, 2.75) is 64.5 Å². The van der Waals surface area contributed by atoms with Crippen LogP contribution in [0.5, 0.6) is 11.5 Å². The van der Waals surface area contributed by atoms with Gasteiger partial charge in [0, 0.05) is 35.9 Å². The number of nitrogens with one attached hydrogen (secondary N) is 3. The average Bonchev–Trinajstić information content (AvgIpc) is 3.40. The third-order valence-corrected chi connectivity index (χ3v) is 7.09. The number of piperidine rings is 1. The van der Waals surface area contributed by atoms with Gasteiger partial charge in [-0.1, -0.05) is 30.3 Å². The molecule has 0 unspecified atom stereocenters. The van der Waals surface area contributed by atoms with Crippen LogP contribution in [-0.2, 0) is 25.6 Å². The number of Topliss-reactive ketones (excluding diaryl/α,β-unsaturated/α-hetero) is 2. The Morgan fingerprint density at radius 1 is 1.02 bits per heavy atom. The Hall–Kier alpha value is -4.21. The summed E-state index contributed by atoms with van der Waals surface area (Å²) in [6, 6.07) is 12.9. The summed E-state index contributed by atoms with van der Waals surface area (Å²) >= 11 is 0. The topological polar surface area (TPSA) is 140 Å². The van der Waals surface area contributed by atoms with Gasteiger partial charge in [-0.25, -0.2) is 0 Å². The number of benzene rings is 2. The Bertz CT molecular complexity index is 1300. The van der Waals surface area contributed by atoms with E-state index in [1.807, 2.05) is 30.3 Å². The highest BCUT2D eigenvalue weighted by atomic mass is 16.7. The summed E-state index contributed by atoms with van der Waals surface area (Å²) in [6.07, 6.45) is 1.37. The number of carbonyl (C=O) groups is 5. The fourth-order valence-corrected chi connectivity index (χ4v) is 4.99. The molecule has 0 aromatic heterocycles. The number of ketones is 2. The molecule has 2 heterocycles. The maximum atomic E-state index is 13.8. The average molecular weight is 564 g/mol. The summed E-state index contributed by atoms with van der Waals surface area (Å²) in [7, 11) is 0. The number of hydrogen-bond acceptors (Lipinski definition) is 7. The lowest BCUT2D eigenvalue weighted by molar-refractivity contribution is -0.142. The highest BCUT2D eigenvalue weighted by Gasteiger charge is 2.36. The molecule has 2 aromatic carbocycles. The van der Waals surface area contributed by atoms with Crippen LogP contribution in [0.15, 0.2) is 48.5 Å². The summed E-state index contributed by atoms with van der Waals surface area (Å²) in [6.45, 7) is 5.86. The molecule has 1 fully saturated rings. The van der Waals surface area contributed by atoms with Crippen molar-refractivity contribution >= 4 is 29.3 Å². The van der Waals surface area contributed by atoms with Crippen LogP contribution in [0.2, 0.25) is 0 Å². The van der Waals surface area contributed by atoms with E-state index in [0.717, 1.165) is 12.0 Å². The lowest BCUT2D eigenvalue weighted by Crippen LogP contribution is -2.54. The second-order valence-electron chi connectivity index (χ2n) is 11.6. The molecular formula is C31H37N3O7. The second-order valence-corrected chi connectivity index (χ2v) is 11.6. The van der Waals surface area contributed by atoms with Crippen LogP contribution >= 0.6 is 0 Å². The summed E-state index contributed by atoms with van der Waals surface area (Å²) in [4.78, 5) is 65.7. The molecule has 0 saturated carbocycles. The monoisotopic (exact) mass is 563 g/mol. The third-order valence-electron chi connectivity index (χ3n) is 7.09. The van der Waals surface area contributed by atoms with Gasteiger partial charge in [0.1, 0.15) is 0 Å². The van der Waals surface area contributed by atoms with Gasteiger partial charge < -0.3 is 25.4 Å². The summed E-state index contributed by atoms with van der Waals surface area (Å²) in [5.74, 6) is -3.05. The smallest absolute Gasteiger partial charge is 0.290 e. The van der Waals surface area contributed by atoms with Crippen LogP contribution in [0.3, 0.4) is 0 Å². The molecule has 2 aromatic rings. The van der Waals surface area contributed by atoms with Gasteiger partial charge in [-0.3, -0.25) is 24.0 Å². The number of fused-ring (bicyclic) bond motifs is 1. The highest BCUT2D eigenvalue weighted by molar-refractivity contribution is 6.38. The predicted molar refractivity (Wildman–Crippen MR) is 150 cm³/mol. The van der Waals surface area contributed by atoms with E-state index in [1.54, 1.807) is 39.0 Å². The van der Waals surface area contributed by atoms with Gasteiger partial charge >= 0.3 is 0 Å². The number of amides is 3. The van der Waals surface area contributed by atoms with Crippen molar-refractivity contribution in [3.05, 3.63) is 59.7 Å². The van der Waals surface area contributed by atoms with E-state index < -0.39 is 41.0 Å². The minimum absolute atomic E-state index is 0.0118. The van der Waals surface area contributed by atoms with Gasteiger partial charge in [0.25, 0.3) is 5.91 Å². The first-order chi connectivity index (χ1) is 19.5. The van der Waals surface area contributed by atoms with Crippen molar-refractivity contribution in [1.29, 1.82) is 0 Å². The molecular weight excluding hydrogens is 526 g/mol. The van der Waals surface area contributed by atoms with Crippen LogP contribution in [0.25, 0.3) is 0 Å². The van der Waals surface area contributed by atoms with Crippen molar-refractivity contribution in [2.75, 3.05) is 13.3 Å². The van der Waals surface area contributed by atoms with Gasteiger partial charge in [-0.05, 0) is 70.2 Å². The molecule has 3 N–H and O–H groups in total. The quantitative estimate of drug-likeness (QED) is 0.282. The van der Waals surface area contributed by atoms with Gasteiger partial charge in [0.05, 0.1) is 6.04 Å². The minimum atomic E-state index is -1.22. The van der Waals surface area contributed by atoms with Crippen LogP contribution in [0.1, 0.15) is 62.4 Å². The first-order valence-corrected chi connectivity index (χ1v) is 13.9. The van der Waals surface area contributed by atoms with Crippen molar-refractivity contribution in [3.8, 4) is 11.5 Å².